The molecule has 29 heavy (non-hydrogen) atoms. The molecular formula is C21H23Cl2N3O3. The molecule has 0 aromatic heterocycles. The van der Waals surface area contributed by atoms with Gasteiger partial charge in [0, 0.05) is 42.5 Å². The van der Waals surface area contributed by atoms with Crippen LogP contribution in [0, 0.1) is 0 Å². The number of nitrogens with one attached hydrogen (secondary N) is 1. The predicted molar refractivity (Wildman–Crippen MR) is 115 cm³/mol. The van der Waals surface area contributed by atoms with Crippen LogP contribution in [0.25, 0.3) is 0 Å². The molecule has 2 aromatic carbocycles. The Hall–Kier alpha value is -2.28. The van der Waals surface area contributed by atoms with Crippen molar-refractivity contribution in [2.45, 2.75) is 13.0 Å². The van der Waals surface area contributed by atoms with Crippen LogP contribution in [0.15, 0.2) is 42.5 Å². The predicted octanol–water partition coefficient (Wildman–Crippen LogP) is 3.79. The van der Waals surface area contributed by atoms with Crippen molar-refractivity contribution in [3.05, 3.63) is 58.1 Å². The van der Waals surface area contributed by atoms with Gasteiger partial charge in [-0.3, -0.25) is 9.59 Å². The molecule has 8 heteroatoms. The summed E-state index contributed by atoms with van der Waals surface area (Å²) in [6.07, 6.45) is -0.764. The van der Waals surface area contributed by atoms with E-state index in [1.54, 1.807) is 49.4 Å². The number of benzene rings is 2. The zero-order valence-electron chi connectivity index (χ0n) is 16.3. The van der Waals surface area contributed by atoms with Crippen molar-refractivity contribution in [2.24, 2.45) is 0 Å². The molecule has 2 amide bonds. The van der Waals surface area contributed by atoms with Crippen molar-refractivity contribution in [1.82, 2.24) is 9.80 Å². The summed E-state index contributed by atoms with van der Waals surface area (Å²) in [6.45, 7) is 4.81. The molecule has 1 N–H and O–H groups in total. The zero-order chi connectivity index (χ0) is 21.0. The van der Waals surface area contributed by atoms with Crippen LogP contribution in [0.3, 0.4) is 0 Å². The number of carbonyl (C=O) groups is 2. The minimum absolute atomic E-state index is 0.00468. The van der Waals surface area contributed by atoms with Gasteiger partial charge in [0.15, 0.2) is 6.10 Å². The van der Waals surface area contributed by atoms with Crippen molar-refractivity contribution in [2.75, 3.05) is 38.5 Å². The normalized spacial score (nSPS) is 15.7. The van der Waals surface area contributed by atoms with E-state index in [-0.39, 0.29) is 11.8 Å². The molecule has 0 spiro atoms. The molecule has 0 aliphatic carbocycles. The van der Waals surface area contributed by atoms with Gasteiger partial charge in [-0.05, 0) is 56.4 Å². The van der Waals surface area contributed by atoms with Gasteiger partial charge in [0.2, 0.25) is 0 Å². The highest BCUT2D eigenvalue weighted by Gasteiger charge is 2.21. The number of halogens is 2. The molecule has 0 radical (unpaired) electrons. The van der Waals surface area contributed by atoms with E-state index in [9.17, 15) is 9.59 Å². The van der Waals surface area contributed by atoms with E-state index in [0.29, 0.717) is 27.0 Å². The lowest BCUT2D eigenvalue weighted by Gasteiger charge is -2.32. The summed E-state index contributed by atoms with van der Waals surface area (Å²) in [5.41, 5.74) is 1.19. The Morgan fingerprint density at radius 2 is 1.69 bits per heavy atom. The monoisotopic (exact) mass is 435 g/mol. The fraction of sp³-hybridized carbons (Fsp3) is 0.333. The van der Waals surface area contributed by atoms with Gasteiger partial charge in [-0.15, -0.1) is 0 Å². The van der Waals surface area contributed by atoms with Crippen molar-refractivity contribution >= 4 is 40.7 Å². The molecule has 3 rings (SSSR count). The van der Waals surface area contributed by atoms with Crippen molar-refractivity contribution in [1.29, 1.82) is 0 Å². The number of rotatable bonds is 5. The fourth-order valence-corrected chi connectivity index (χ4v) is 3.40. The first-order valence-corrected chi connectivity index (χ1v) is 10.1. The molecule has 0 saturated carbocycles. The Labute approximate surface area is 180 Å². The van der Waals surface area contributed by atoms with Gasteiger partial charge in [-0.1, -0.05) is 23.2 Å². The Kier molecular flexibility index (Phi) is 7.00. The quantitative estimate of drug-likeness (QED) is 0.775. The maximum absolute atomic E-state index is 12.6. The third kappa shape index (κ3) is 5.63. The first kappa shape index (κ1) is 21.4. The number of ether oxygens (including phenoxy) is 1. The van der Waals surface area contributed by atoms with Crippen LogP contribution >= 0.6 is 23.2 Å². The maximum Gasteiger partial charge on any atom is 0.265 e. The fourth-order valence-electron chi connectivity index (χ4n) is 2.95. The van der Waals surface area contributed by atoms with E-state index < -0.39 is 6.10 Å². The van der Waals surface area contributed by atoms with E-state index in [4.69, 9.17) is 27.9 Å². The second kappa shape index (κ2) is 9.48. The summed E-state index contributed by atoms with van der Waals surface area (Å²) in [4.78, 5) is 29.0. The molecule has 1 saturated heterocycles. The highest BCUT2D eigenvalue weighted by molar-refractivity contribution is 6.35. The average Bonchev–Trinajstić information content (AvgIpc) is 2.70. The molecule has 0 bridgehead atoms. The van der Waals surface area contributed by atoms with Crippen LogP contribution in [0.5, 0.6) is 5.75 Å². The first-order valence-electron chi connectivity index (χ1n) is 9.34. The lowest BCUT2D eigenvalue weighted by molar-refractivity contribution is -0.122. The minimum atomic E-state index is -0.764. The van der Waals surface area contributed by atoms with E-state index in [0.717, 1.165) is 26.2 Å². The number of carbonyl (C=O) groups excluding carboxylic acids is 2. The summed E-state index contributed by atoms with van der Waals surface area (Å²) in [5.74, 6) is 0.0612. The molecule has 2 aromatic rings. The summed E-state index contributed by atoms with van der Waals surface area (Å²) in [6, 6.07) is 11.7. The van der Waals surface area contributed by atoms with E-state index in [1.807, 2.05) is 11.9 Å². The van der Waals surface area contributed by atoms with Crippen LogP contribution in [0.1, 0.15) is 17.3 Å². The van der Waals surface area contributed by atoms with Crippen LogP contribution in [-0.4, -0.2) is 60.9 Å². The van der Waals surface area contributed by atoms with Gasteiger partial charge in [0.25, 0.3) is 11.8 Å². The van der Waals surface area contributed by atoms with Crippen LogP contribution in [-0.2, 0) is 4.79 Å². The number of hydrogen-bond acceptors (Lipinski definition) is 4. The van der Waals surface area contributed by atoms with Crippen LogP contribution in [0.4, 0.5) is 5.69 Å². The molecule has 1 fully saturated rings. The number of anilines is 1. The molecule has 1 heterocycles. The highest BCUT2D eigenvalue weighted by Crippen LogP contribution is 2.28. The second-order valence-corrected chi connectivity index (χ2v) is 7.84. The first-order chi connectivity index (χ1) is 13.8. The molecule has 1 aliphatic rings. The second-order valence-electron chi connectivity index (χ2n) is 7.00. The number of nitrogens with zero attached hydrogens (tertiary/aromatic N) is 2. The molecule has 1 atom stereocenters. The van der Waals surface area contributed by atoms with E-state index in [1.165, 1.54) is 0 Å². The maximum atomic E-state index is 12.6. The third-order valence-electron chi connectivity index (χ3n) is 4.76. The van der Waals surface area contributed by atoms with Crippen molar-refractivity contribution in [3.8, 4) is 5.75 Å². The number of amides is 2. The van der Waals surface area contributed by atoms with Gasteiger partial charge in [0.05, 0.1) is 5.02 Å². The summed E-state index contributed by atoms with van der Waals surface area (Å²) >= 11 is 11.9. The molecular weight excluding hydrogens is 413 g/mol. The smallest absolute Gasteiger partial charge is 0.265 e. The van der Waals surface area contributed by atoms with E-state index in [2.05, 4.69) is 10.2 Å². The van der Waals surface area contributed by atoms with Gasteiger partial charge < -0.3 is 19.9 Å². The van der Waals surface area contributed by atoms with Gasteiger partial charge in [-0.25, -0.2) is 0 Å². The topological polar surface area (TPSA) is 61.9 Å². The third-order valence-corrected chi connectivity index (χ3v) is 5.29. The Balaban J connectivity index is 1.57. The van der Waals surface area contributed by atoms with Crippen molar-refractivity contribution in [3.63, 3.8) is 0 Å². The number of piperazine rings is 1. The van der Waals surface area contributed by atoms with Crippen LogP contribution < -0.4 is 10.1 Å². The molecule has 1 unspecified atom stereocenters. The Morgan fingerprint density at radius 1 is 1.03 bits per heavy atom. The van der Waals surface area contributed by atoms with Crippen LogP contribution in [0.2, 0.25) is 10.0 Å². The molecule has 154 valence electrons. The summed E-state index contributed by atoms with van der Waals surface area (Å²) in [5, 5.41) is 3.61. The van der Waals surface area contributed by atoms with Crippen molar-refractivity contribution < 1.29 is 14.3 Å². The standard InChI is InChI=1S/C21H23Cl2N3O3/c1-14(29-19-8-5-16(22)13-18(19)23)20(27)24-17-6-3-15(4-7-17)21(28)26-11-9-25(2)10-12-26/h3-8,13-14H,9-12H2,1-2H3,(H,24,27). The average molecular weight is 436 g/mol. The minimum Gasteiger partial charge on any atom is -0.479 e. The van der Waals surface area contributed by atoms with Gasteiger partial charge in [-0.2, -0.15) is 0 Å². The highest BCUT2D eigenvalue weighted by atomic mass is 35.5. The number of hydrogen-bond donors (Lipinski definition) is 1. The lowest BCUT2D eigenvalue weighted by atomic mass is 10.1. The summed E-state index contributed by atoms with van der Waals surface area (Å²) in [7, 11) is 2.05. The Bertz CT molecular complexity index is 881. The summed E-state index contributed by atoms with van der Waals surface area (Å²) < 4.78 is 5.62. The molecule has 1 aliphatic heterocycles. The molecule has 6 nitrogen and oxygen atoms in total. The van der Waals surface area contributed by atoms with E-state index >= 15 is 0 Å². The largest absolute Gasteiger partial charge is 0.479 e. The zero-order valence-corrected chi connectivity index (χ0v) is 17.8. The SMILES string of the molecule is CC(Oc1ccc(Cl)cc1Cl)C(=O)Nc1ccc(C(=O)N2CCN(C)CC2)cc1. The van der Waals surface area contributed by atoms with Gasteiger partial charge >= 0.3 is 0 Å². The Morgan fingerprint density at radius 3 is 2.31 bits per heavy atom. The lowest BCUT2D eigenvalue weighted by Crippen LogP contribution is -2.47. The van der Waals surface area contributed by atoms with Gasteiger partial charge in [0.1, 0.15) is 5.75 Å². The number of likely N-dealkylation sites (N-methyl/N-ethyl adjacent to an activating group) is 1.